The number of halogens is 1. The van der Waals surface area contributed by atoms with Gasteiger partial charge in [-0.05, 0) is 35.9 Å². The molecule has 1 aromatic carbocycles. The summed E-state index contributed by atoms with van der Waals surface area (Å²) in [7, 11) is 0. The molecule has 7 heteroatoms. The third-order valence-electron chi connectivity index (χ3n) is 4.96. The molecule has 1 aliphatic rings. The lowest BCUT2D eigenvalue weighted by Gasteiger charge is -2.36. The van der Waals surface area contributed by atoms with E-state index >= 15 is 0 Å². The van der Waals surface area contributed by atoms with Crippen LogP contribution in [0.5, 0.6) is 0 Å². The SMILES string of the molecule is O=C(c1ccnc(NCc2cccnc2)c1)N1CCN(c2ccccc2F)CC1. The van der Waals surface area contributed by atoms with E-state index in [-0.39, 0.29) is 11.7 Å². The summed E-state index contributed by atoms with van der Waals surface area (Å²) in [6, 6.07) is 14.1. The first-order valence-corrected chi connectivity index (χ1v) is 9.58. The second kappa shape index (κ2) is 8.68. The van der Waals surface area contributed by atoms with Crippen LogP contribution in [-0.4, -0.2) is 47.0 Å². The summed E-state index contributed by atoms with van der Waals surface area (Å²) in [5.41, 5.74) is 2.22. The van der Waals surface area contributed by atoms with E-state index in [0.29, 0.717) is 49.8 Å². The predicted octanol–water partition coefficient (Wildman–Crippen LogP) is 3.19. The highest BCUT2D eigenvalue weighted by Gasteiger charge is 2.23. The molecule has 29 heavy (non-hydrogen) atoms. The average molecular weight is 391 g/mol. The predicted molar refractivity (Wildman–Crippen MR) is 110 cm³/mol. The maximum atomic E-state index is 14.0. The number of carbonyl (C=O) groups is 1. The van der Waals surface area contributed by atoms with Gasteiger partial charge in [-0.25, -0.2) is 9.37 Å². The minimum absolute atomic E-state index is 0.0370. The number of hydrogen-bond acceptors (Lipinski definition) is 5. The normalized spacial score (nSPS) is 14.0. The number of anilines is 2. The van der Waals surface area contributed by atoms with Crippen molar-refractivity contribution in [2.24, 2.45) is 0 Å². The molecule has 3 heterocycles. The fourth-order valence-electron chi connectivity index (χ4n) is 3.40. The molecule has 0 unspecified atom stereocenters. The molecular weight excluding hydrogens is 369 g/mol. The van der Waals surface area contributed by atoms with Gasteiger partial charge in [0.25, 0.3) is 5.91 Å². The van der Waals surface area contributed by atoms with Crippen LogP contribution >= 0.6 is 0 Å². The van der Waals surface area contributed by atoms with E-state index in [1.54, 1.807) is 47.8 Å². The lowest BCUT2D eigenvalue weighted by atomic mass is 10.2. The molecule has 1 saturated heterocycles. The smallest absolute Gasteiger partial charge is 0.254 e. The first kappa shape index (κ1) is 18.9. The van der Waals surface area contributed by atoms with Crippen LogP contribution in [0.4, 0.5) is 15.9 Å². The summed E-state index contributed by atoms with van der Waals surface area (Å²) in [6.45, 7) is 2.88. The molecule has 0 saturated carbocycles. The Labute approximate surface area is 169 Å². The van der Waals surface area contributed by atoms with Crippen molar-refractivity contribution in [2.45, 2.75) is 6.54 Å². The molecule has 1 N–H and O–H groups in total. The van der Waals surface area contributed by atoms with E-state index in [0.717, 1.165) is 5.56 Å². The Morgan fingerprint density at radius 1 is 1.03 bits per heavy atom. The fraction of sp³-hybridized carbons (Fsp3) is 0.227. The zero-order valence-electron chi connectivity index (χ0n) is 16.0. The molecule has 2 aromatic heterocycles. The lowest BCUT2D eigenvalue weighted by molar-refractivity contribution is 0.0746. The van der Waals surface area contributed by atoms with Crippen molar-refractivity contribution in [3.63, 3.8) is 0 Å². The monoisotopic (exact) mass is 391 g/mol. The van der Waals surface area contributed by atoms with Crippen LogP contribution in [-0.2, 0) is 6.54 Å². The third kappa shape index (κ3) is 4.51. The Hall–Kier alpha value is -3.48. The van der Waals surface area contributed by atoms with Crippen LogP contribution in [0.2, 0.25) is 0 Å². The summed E-state index contributed by atoms with van der Waals surface area (Å²) in [5, 5.41) is 3.22. The van der Waals surface area contributed by atoms with Crippen molar-refractivity contribution in [3.05, 3.63) is 84.1 Å². The molecule has 0 radical (unpaired) electrons. The highest BCUT2D eigenvalue weighted by Crippen LogP contribution is 2.21. The van der Waals surface area contributed by atoms with Gasteiger partial charge in [-0.1, -0.05) is 18.2 Å². The molecule has 0 spiro atoms. The van der Waals surface area contributed by atoms with Crippen LogP contribution in [0, 0.1) is 5.82 Å². The molecule has 4 rings (SSSR count). The number of hydrogen-bond donors (Lipinski definition) is 1. The van der Waals surface area contributed by atoms with Crippen LogP contribution in [0.15, 0.2) is 67.1 Å². The number of benzene rings is 1. The Morgan fingerprint density at radius 2 is 1.86 bits per heavy atom. The van der Waals surface area contributed by atoms with E-state index in [1.165, 1.54) is 6.07 Å². The Balaban J connectivity index is 1.37. The van der Waals surface area contributed by atoms with Crippen molar-refractivity contribution in [3.8, 4) is 0 Å². The summed E-state index contributed by atoms with van der Waals surface area (Å²) in [4.78, 5) is 25.1. The number of pyridine rings is 2. The van der Waals surface area contributed by atoms with E-state index in [2.05, 4.69) is 15.3 Å². The Bertz CT molecular complexity index is 974. The van der Waals surface area contributed by atoms with Crippen molar-refractivity contribution in [2.75, 3.05) is 36.4 Å². The number of aromatic nitrogens is 2. The van der Waals surface area contributed by atoms with E-state index in [9.17, 15) is 9.18 Å². The van der Waals surface area contributed by atoms with Crippen molar-refractivity contribution in [1.29, 1.82) is 0 Å². The van der Waals surface area contributed by atoms with Crippen molar-refractivity contribution in [1.82, 2.24) is 14.9 Å². The quantitative estimate of drug-likeness (QED) is 0.724. The molecular formula is C22H22FN5O. The number of rotatable bonds is 5. The molecule has 148 valence electrons. The second-order valence-electron chi connectivity index (χ2n) is 6.88. The first-order valence-electron chi connectivity index (χ1n) is 9.58. The molecule has 1 aliphatic heterocycles. The largest absolute Gasteiger partial charge is 0.366 e. The maximum absolute atomic E-state index is 14.0. The van der Waals surface area contributed by atoms with Gasteiger partial charge in [0, 0.05) is 56.9 Å². The Kier molecular flexibility index (Phi) is 5.65. The number of amides is 1. The summed E-state index contributed by atoms with van der Waals surface area (Å²) in [5.74, 6) is 0.375. The number of nitrogens with zero attached hydrogens (tertiary/aromatic N) is 4. The standard InChI is InChI=1S/C22H22FN5O/c23-19-5-1-2-6-20(19)27-10-12-28(13-11-27)22(29)18-7-9-25-21(14-18)26-16-17-4-3-8-24-15-17/h1-9,14-15H,10-13,16H2,(H,25,26). The van der Waals surface area contributed by atoms with Gasteiger partial charge in [0.1, 0.15) is 11.6 Å². The number of nitrogens with one attached hydrogen (secondary N) is 1. The van der Waals surface area contributed by atoms with Gasteiger partial charge < -0.3 is 15.1 Å². The molecule has 0 aliphatic carbocycles. The number of para-hydroxylation sites is 1. The zero-order chi connectivity index (χ0) is 20.1. The summed E-state index contributed by atoms with van der Waals surface area (Å²) in [6.07, 6.45) is 5.15. The summed E-state index contributed by atoms with van der Waals surface area (Å²) < 4.78 is 14.0. The second-order valence-corrected chi connectivity index (χ2v) is 6.88. The number of piperazine rings is 1. The van der Waals surface area contributed by atoms with Gasteiger partial charge in [0.15, 0.2) is 0 Å². The van der Waals surface area contributed by atoms with Gasteiger partial charge >= 0.3 is 0 Å². The molecule has 0 atom stereocenters. The highest BCUT2D eigenvalue weighted by atomic mass is 19.1. The molecule has 0 bridgehead atoms. The average Bonchev–Trinajstić information content (AvgIpc) is 2.79. The summed E-state index contributed by atoms with van der Waals surface area (Å²) >= 11 is 0. The first-order chi connectivity index (χ1) is 14.2. The van der Waals surface area contributed by atoms with E-state index in [4.69, 9.17) is 0 Å². The number of carbonyl (C=O) groups excluding carboxylic acids is 1. The minimum Gasteiger partial charge on any atom is -0.366 e. The molecule has 3 aromatic rings. The zero-order valence-corrected chi connectivity index (χ0v) is 16.0. The van der Waals surface area contributed by atoms with E-state index < -0.39 is 0 Å². The minimum atomic E-state index is -0.231. The van der Waals surface area contributed by atoms with E-state index in [1.807, 2.05) is 23.1 Å². The van der Waals surface area contributed by atoms with Gasteiger partial charge in [0.2, 0.25) is 0 Å². The van der Waals surface area contributed by atoms with Crippen LogP contribution in [0.25, 0.3) is 0 Å². The van der Waals surface area contributed by atoms with Crippen LogP contribution in [0.3, 0.4) is 0 Å². The topological polar surface area (TPSA) is 61.4 Å². The Morgan fingerprint density at radius 3 is 2.62 bits per heavy atom. The fourth-order valence-corrected chi connectivity index (χ4v) is 3.40. The van der Waals surface area contributed by atoms with Crippen molar-refractivity contribution < 1.29 is 9.18 Å². The van der Waals surface area contributed by atoms with Gasteiger partial charge in [-0.2, -0.15) is 0 Å². The molecule has 1 amide bonds. The lowest BCUT2D eigenvalue weighted by Crippen LogP contribution is -2.49. The van der Waals surface area contributed by atoms with Crippen molar-refractivity contribution >= 4 is 17.4 Å². The third-order valence-corrected chi connectivity index (χ3v) is 4.96. The van der Waals surface area contributed by atoms with Crippen LogP contribution < -0.4 is 10.2 Å². The van der Waals surface area contributed by atoms with Gasteiger partial charge in [-0.15, -0.1) is 0 Å². The molecule has 6 nitrogen and oxygen atoms in total. The van der Waals surface area contributed by atoms with Gasteiger partial charge in [-0.3, -0.25) is 9.78 Å². The highest BCUT2D eigenvalue weighted by molar-refractivity contribution is 5.95. The van der Waals surface area contributed by atoms with Gasteiger partial charge in [0.05, 0.1) is 5.69 Å². The maximum Gasteiger partial charge on any atom is 0.254 e. The van der Waals surface area contributed by atoms with Crippen LogP contribution in [0.1, 0.15) is 15.9 Å². The molecule has 1 fully saturated rings.